The molecule has 0 aliphatic carbocycles. The molecular formula is C10H16N2O. The van der Waals surface area contributed by atoms with Gasteiger partial charge >= 0.3 is 0 Å². The molecule has 0 amide bonds. The van der Waals surface area contributed by atoms with E-state index >= 15 is 0 Å². The van der Waals surface area contributed by atoms with Crippen molar-refractivity contribution in [2.45, 2.75) is 19.9 Å². The first-order valence-corrected chi connectivity index (χ1v) is 4.78. The van der Waals surface area contributed by atoms with Gasteiger partial charge in [0.05, 0.1) is 6.04 Å². The van der Waals surface area contributed by atoms with Gasteiger partial charge in [-0.15, -0.1) is 0 Å². The highest BCUT2D eigenvalue weighted by molar-refractivity contribution is 5.21. The van der Waals surface area contributed by atoms with E-state index in [1.54, 1.807) is 0 Å². The molecule has 3 nitrogen and oxygen atoms in total. The highest BCUT2D eigenvalue weighted by Crippen LogP contribution is 2.20. The van der Waals surface area contributed by atoms with Crippen LogP contribution in [0.4, 0.5) is 0 Å². The maximum Gasteiger partial charge on any atom is 0.122 e. The highest BCUT2D eigenvalue weighted by Gasteiger charge is 2.18. The second-order valence-corrected chi connectivity index (χ2v) is 3.60. The maximum absolute atomic E-state index is 5.65. The van der Waals surface area contributed by atoms with E-state index in [4.69, 9.17) is 4.42 Å². The highest BCUT2D eigenvalue weighted by atomic mass is 16.3. The second-order valence-electron chi connectivity index (χ2n) is 3.60. The molecule has 1 aromatic rings. The molecule has 1 saturated heterocycles. The molecule has 72 valence electrons. The van der Waals surface area contributed by atoms with Crippen LogP contribution in [0.2, 0.25) is 0 Å². The minimum atomic E-state index is 0.348. The molecular weight excluding hydrogens is 164 g/mol. The van der Waals surface area contributed by atoms with Crippen molar-refractivity contribution in [2.75, 3.05) is 19.6 Å². The van der Waals surface area contributed by atoms with Crippen LogP contribution in [0.25, 0.3) is 0 Å². The number of hydrogen-bond acceptors (Lipinski definition) is 3. The molecule has 1 aliphatic heterocycles. The van der Waals surface area contributed by atoms with Gasteiger partial charge in [0.1, 0.15) is 11.5 Å². The third-order valence-electron chi connectivity index (χ3n) is 2.57. The van der Waals surface area contributed by atoms with Gasteiger partial charge in [0, 0.05) is 19.6 Å². The summed E-state index contributed by atoms with van der Waals surface area (Å²) in [5.74, 6) is 2.09. The molecule has 1 atom stereocenters. The average Bonchev–Trinajstić information content (AvgIpc) is 2.49. The molecule has 0 spiro atoms. The smallest absolute Gasteiger partial charge is 0.122 e. The number of furan rings is 1. The van der Waals surface area contributed by atoms with E-state index in [1.807, 2.05) is 6.92 Å². The summed E-state index contributed by atoms with van der Waals surface area (Å²) in [6.07, 6.45) is 0. The van der Waals surface area contributed by atoms with Crippen LogP contribution in [0, 0.1) is 13.8 Å². The first-order valence-electron chi connectivity index (χ1n) is 4.78. The van der Waals surface area contributed by atoms with Gasteiger partial charge in [-0.05, 0) is 25.5 Å². The summed E-state index contributed by atoms with van der Waals surface area (Å²) >= 11 is 0. The van der Waals surface area contributed by atoms with Crippen LogP contribution in [-0.2, 0) is 0 Å². The Kier molecular flexibility index (Phi) is 2.38. The Hall–Kier alpha value is -0.800. The van der Waals surface area contributed by atoms with Crippen LogP contribution < -0.4 is 10.6 Å². The Labute approximate surface area is 78.5 Å². The van der Waals surface area contributed by atoms with E-state index < -0.39 is 0 Å². The summed E-state index contributed by atoms with van der Waals surface area (Å²) in [6, 6.07) is 2.47. The Morgan fingerprint density at radius 2 is 2.23 bits per heavy atom. The molecule has 2 N–H and O–H groups in total. The van der Waals surface area contributed by atoms with Crippen molar-refractivity contribution in [1.82, 2.24) is 10.6 Å². The monoisotopic (exact) mass is 180 g/mol. The third-order valence-corrected chi connectivity index (χ3v) is 2.57. The van der Waals surface area contributed by atoms with Gasteiger partial charge in [-0.3, -0.25) is 0 Å². The minimum Gasteiger partial charge on any atom is -0.464 e. The molecule has 0 unspecified atom stereocenters. The van der Waals surface area contributed by atoms with Crippen molar-refractivity contribution in [3.05, 3.63) is 23.2 Å². The van der Waals surface area contributed by atoms with Gasteiger partial charge < -0.3 is 15.1 Å². The molecule has 1 aliphatic rings. The predicted molar refractivity (Wildman–Crippen MR) is 51.8 cm³/mol. The third kappa shape index (κ3) is 1.76. The summed E-state index contributed by atoms with van der Waals surface area (Å²) < 4.78 is 5.65. The number of rotatable bonds is 1. The maximum atomic E-state index is 5.65. The lowest BCUT2D eigenvalue weighted by Crippen LogP contribution is -2.42. The fraction of sp³-hybridized carbons (Fsp3) is 0.600. The van der Waals surface area contributed by atoms with Crippen molar-refractivity contribution in [3.63, 3.8) is 0 Å². The Balaban J connectivity index is 2.14. The lowest BCUT2D eigenvalue weighted by molar-refractivity contribution is 0.356. The van der Waals surface area contributed by atoms with Crippen molar-refractivity contribution in [1.29, 1.82) is 0 Å². The Morgan fingerprint density at radius 1 is 1.38 bits per heavy atom. The number of aryl methyl sites for hydroxylation is 2. The Bertz CT molecular complexity index is 268. The fourth-order valence-corrected chi connectivity index (χ4v) is 1.63. The molecule has 0 bridgehead atoms. The van der Waals surface area contributed by atoms with Gasteiger partial charge in [-0.2, -0.15) is 0 Å². The number of hydrogen-bond donors (Lipinski definition) is 2. The lowest BCUT2D eigenvalue weighted by Gasteiger charge is -2.22. The molecule has 0 aromatic carbocycles. The molecule has 2 heterocycles. The summed E-state index contributed by atoms with van der Waals surface area (Å²) in [4.78, 5) is 0. The van der Waals surface area contributed by atoms with Crippen LogP contribution in [0.15, 0.2) is 10.5 Å². The Morgan fingerprint density at radius 3 is 2.77 bits per heavy atom. The van der Waals surface area contributed by atoms with E-state index in [2.05, 4.69) is 23.6 Å². The normalized spacial score (nSPS) is 23.4. The SMILES string of the molecule is Cc1cc([C@H]2CNCCN2)oc1C. The predicted octanol–water partition coefficient (Wildman–Crippen LogP) is 1.13. The van der Waals surface area contributed by atoms with Crippen LogP contribution in [-0.4, -0.2) is 19.6 Å². The zero-order valence-corrected chi connectivity index (χ0v) is 8.18. The van der Waals surface area contributed by atoms with E-state index in [-0.39, 0.29) is 0 Å². The van der Waals surface area contributed by atoms with Gasteiger partial charge in [0.25, 0.3) is 0 Å². The molecule has 1 fully saturated rings. The summed E-state index contributed by atoms with van der Waals surface area (Å²) in [5.41, 5.74) is 1.24. The van der Waals surface area contributed by atoms with Crippen molar-refractivity contribution < 1.29 is 4.42 Å². The van der Waals surface area contributed by atoms with Crippen LogP contribution in [0.3, 0.4) is 0 Å². The first-order chi connectivity index (χ1) is 6.27. The molecule has 2 rings (SSSR count). The van der Waals surface area contributed by atoms with E-state index in [0.29, 0.717) is 6.04 Å². The largest absolute Gasteiger partial charge is 0.464 e. The van der Waals surface area contributed by atoms with Crippen molar-refractivity contribution in [3.8, 4) is 0 Å². The van der Waals surface area contributed by atoms with Gasteiger partial charge in [-0.1, -0.05) is 0 Å². The standard InChI is InChI=1S/C10H16N2O/c1-7-5-10(13-8(7)2)9-6-11-3-4-12-9/h5,9,11-12H,3-4,6H2,1-2H3/t9-/m1/s1. The van der Waals surface area contributed by atoms with Gasteiger partial charge in [-0.25, -0.2) is 0 Å². The summed E-state index contributed by atoms with van der Waals surface area (Å²) in [5, 5.41) is 6.76. The topological polar surface area (TPSA) is 37.2 Å². The zero-order chi connectivity index (χ0) is 9.26. The quantitative estimate of drug-likeness (QED) is 0.680. The van der Waals surface area contributed by atoms with Crippen LogP contribution in [0.1, 0.15) is 23.1 Å². The van der Waals surface area contributed by atoms with Crippen molar-refractivity contribution in [2.24, 2.45) is 0 Å². The molecule has 0 radical (unpaired) electrons. The molecule has 0 saturated carbocycles. The minimum absolute atomic E-state index is 0.348. The van der Waals surface area contributed by atoms with Crippen LogP contribution >= 0.6 is 0 Å². The van der Waals surface area contributed by atoms with Gasteiger partial charge in [0.2, 0.25) is 0 Å². The average molecular weight is 180 g/mol. The molecule has 1 aromatic heterocycles. The number of nitrogens with one attached hydrogen (secondary N) is 2. The van der Waals surface area contributed by atoms with E-state index in [9.17, 15) is 0 Å². The van der Waals surface area contributed by atoms with E-state index in [0.717, 1.165) is 31.2 Å². The van der Waals surface area contributed by atoms with Crippen LogP contribution in [0.5, 0.6) is 0 Å². The van der Waals surface area contributed by atoms with Gasteiger partial charge in [0.15, 0.2) is 0 Å². The lowest BCUT2D eigenvalue weighted by atomic mass is 10.1. The zero-order valence-electron chi connectivity index (χ0n) is 8.18. The molecule has 3 heteroatoms. The fourth-order valence-electron chi connectivity index (χ4n) is 1.63. The number of piperazine rings is 1. The summed E-state index contributed by atoms with van der Waals surface area (Å²) in [7, 11) is 0. The van der Waals surface area contributed by atoms with E-state index in [1.165, 1.54) is 5.56 Å². The molecule has 13 heavy (non-hydrogen) atoms. The first kappa shape index (κ1) is 8.78. The van der Waals surface area contributed by atoms with Crippen molar-refractivity contribution >= 4 is 0 Å². The summed E-state index contributed by atoms with van der Waals surface area (Å²) in [6.45, 7) is 7.12. The second kappa shape index (κ2) is 3.52.